The molecule has 1 N–H and O–H groups in total. The Kier molecular flexibility index (Phi) is 7.99. The molecule has 1 unspecified atom stereocenters. The van der Waals surface area contributed by atoms with Crippen molar-refractivity contribution in [2.75, 3.05) is 40.1 Å². The lowest BCUT2D eigenvalue weighted by Crippen LogP contribution is -2.43. The van der Waals surface area contributed by atoms with Crippen LogP contribution >= 0.6 is 0 Å². The molecule has 0 spiro atoms. The molecule has 0 aliphatic heterocycles. The Morgan fingerprint density at radius 2 is 1.84 bits per heavy atom. The monoisotopic (exact) mass is 270 g/mol. The van der Waals surface area contributed by atoms with Crippen LogP contribution in [-0.4, -0.2) is 51.7 Å². The topological polar surface area (TPSA) is 63.5 Å². The zero-order valence-corrected chi connectivity index (χ0v) is 12.1. The lowest BCUT2D eigenvalue weighted by atomic mass is 10.0. The van der Waals surface area contributed by atoms with E-state index in [4.69, 9.17) is 14.2 Å². The van der Waals surface area contributed by atoms with Crippen LogP contribution in [0.15, 0.2) is 0 Å². The summed E-state index contributed by atoms with van der Waals surface area (Å²) in [5.41, 5.74) is -0.458. The Morgan fingerprint density at radius 1 is 1.16 bits per heavy atom. The molecule has 5 heteroatoms. The standard InChI is InChI=1S/C14H26N2O3/c1-14(12-15,16-13-4-5-13)6-9-19-11-10-18-8-3-7-17-2/h13,16H,3-11H2,1-2H3. The Labute approximate surface area is 116 Å². The molecule has 0 aromatic heterocycles. The van der Waals surface area contributed by atoms with E-state index in [0.717, 1.165) is 13.0 Å². The van der Waals surface area contributed by atoms with E-state index in [1.54, 1.807) is 7.11 Å². The maximum Gasteiger partial charge on any atom is 0.106 e. The largest absolute Gasteiger partial charge is 0.385 e. The van der Waals surface area contributed by atoms with Crippen molar-refractivity contribution in [2.45, 2.75) is 44.2 Å². The van der Waals surface area contributed by atoms with Crippen LogP contribution in [0.1, 0.15) is 32.6 Å². The van der Waals surface area contributed by atoms with Crippen molar-refractivity contribution < 1.29 is 14.2 Å². The summed E-state index contributed by atoms with van der Waals surface area (Å²) in [6.07, 6.45) is 4.00. The summed E-state index contributed by atoms with van der Waals surface area (Å²) < 4.78 is 15.8. The van der Waals surface area contributed by atoms with Gasteiger partial charge in [-0.05, 0) is 26.2 Å². The molecule has 110 valence electrons. The van der Waals surface area contributed by atoms with E-state index < -0.39 is 5.54 Å². The van der Waals surface area contributed by atoms with Crippen molar-refractivity contribution in [1.82, 2.24) is 5.32 Å². The summed E-state index contributed by atoms with van der Waals surface area (Å²) in [6, 6.07) is 2.87. The van der Waals surface area contributed by atoms with E-state index in [0.29, 0.717) is 38.9 Å². The van der Waals surface area contributed by atoms with Gasteiger partial charge in [0, 0.05) is 39.4 Å². The van der Waals surface area contributed by atoms with Gasteiger partial charge in [0.25, 0.3) is 0 Å². The molecule has 19 heavy (non-hydrogen) atoms. The highest BCUT2D eigenvalue weighted by Crippen LogP contribution is 2.23. The molecule has 0 aromatic carbocycles. The van der Waals surface area contributed by atoms with Crippen molar-refractivity contribution in [3.05, 3.63) is 0 Å². The van der Waals surface area contributed by atoms with Crippen molar-refractivity contribution in [3.63, 3.8) is 0 Å². The van der Waals surface area contributed by atoms with E-state index in [1.165, 1.54) is 12.8 Å². The van der Waals surface area contributed by atoms with Crippen LogP contribution in [0.4, 0.5) is 0 Å². The number of methoxy groups -OCH3 is 1. The first-order chi connectivity index (χ1) is 9.20. The average Bonchev–Trinajstić information content (AvgIpc) is 3.20. The van der Waals surface area contributed by atoms with Crippen LogP contribution in [0.25, 0.3) is 0 Å². The number of hydrogen-bond donors (Lipinski definition) is 1. The van der Waals surface area contributed by atoms with Crippen molar-refractivity contribution in [1.29, 1.82) is 5.26 Å². The maximum atomic E-state index is 9.18. The number of nitriles is 1. The summed E-state index contributed by atoms with van der Waals surface area (Å²) >= 11 is 0. The summed E-state index contributed by atoms with van der Waals surface area (Å²) in [7, 11) is 1.69. The Bertz CT molecular complexity index is 276. The van der Waals surface area contributed by atoms with E-state index in [2.05, 4.69) is 11.4 Å². The number of hydrogen-bond acceptors (Lipinski definition) is 5. The molecule has 5 nitrogen and oxygen atoms in total. The molecule has 1 aliphatic rings. The highest BCUT2D eigenvalue weighted by molar-refractivity contribution is 5.06. The van der Waals surface area contributed by atoms with Gasteiger partial charge < -0.3 is 14.2 Å². The second-order valence-electron chi connectivity index (χ2n) is 5.18. The minimum Gasteiger partial charge on any atom is -0.385 e. The first-order valence-corrected chi connectivity index (χ1v) is 7.03. The summed E-state index contributed by atoms with van der Waals surface area (Å²) in [4.78, 5) is 0. The zero-order valence-electron chi connectivity index (χ0n) is 12.1. The quantitative estimate of drug-likeness (QED) is 0.544. The average molecular weight is 270 g/mol. The normalized spacial score (nSPS) is 17.9. The van der Waals surface area contributed by atoms with Crippen LogP contribution in [-0.2, 0) is 14.2 Å². The third-order valence-corrected chi connectivity index (χ3v) is 3.10. The van der Waals surface area contributed by atoms with E-state index in [1.807, 2.05) is 6.92 Å². The van der Waals surface area contributed by atoms with Gasteiger partial charge in [0.1, 0.15) is 5.54 Å². The summed E-state index contributed by atoms with van der Waals surface area (Å²) in [5.74, 6) is 0. The molecule has 1 rings (SSSR count). The molecule has 1 fully saturated rings. The van der Waals surface area contributed by atoms with Crippen LogP contribution in [0.2, 0.25) is 0 Å². The van der Waals surface area contributed by atoms with Crippen LogP contribution in [0.5, 0.6) is 0 Å². The smallest absolute Gasteiger partial charge is 0.106 e. The fourth-order valence-electron chi connectivity index (χ4n) is 1.74. The van der Waals surface area contributed by atoms with Gasteiger partial charge in [-0.15, -0.1) is 0 Å². The first kappa shape index (κ1) is 16.4. The van der Waals surface area contributed by atoms with Gasteiger partial charge in [0.15, 0.2) is 0 Å². The highest BCUT2D eigenvalue weighted by atomic mass is 16.5. The molecule has 0 bridgehead atoms. The Hall–Kier alpha value is -0.670. The molecular weight excluding hydrogens is 244 g/mol. The second kappa shape index (κ2) is 9.27. The minimum atomic E-state index is -0.458. The predicted octanol–water partition coefficient (Wildman–Crippen LogP) is 1.48. The van der Waals surface area contributed by atoms with Crippen LogP contribution in [0.3, 0.4) is 0 Å². The number of ether oxygens (including phenoxy) is 3. The van der Waals surface area contributed by atoms with Gasteiger partial charge in [0.2, 0.25) is 0 Å². The molecule has 0 amide bonds. The van der Waals surface area contributed by atoms with Gasteiger partial charge in [0.05, 0.1) is 19.3 Å². The van der Waals surface area contributed by atoms with Crippen molar-refractivity contribution in [2.24, 2.45) is 0 Å². The fourth-order valence-corrected chi connectivity index (χ4v) is 1.74. The van der Waals surface area contributed by atoms with Gasteiger partial charge >= 0.3 is 0 Å². The van der Waals surface area contributed by atoms with Crippen molar-refractivity contribution >= 4 is 0 Å². The fraction of sp³-hybridized carbons (Fsp3) is 0.929. The zero-order chi connectivity index (χ0) is 14.0. The van der Waals surface area contributed by atoms with Gasteiger partial charge in [-0.25, -0.2) is 0 Å². The maximum absolute atomic E-state index is 9.18. The van der Waals surface area contributed by atoms with Gasteiger partial charge in [-0.1, -0.05) is 0 Å². The number of nitrogens with one attached hydrogen (secondary N) is 1. The molecule has 0 radical (unpaired) electrons. The molecule has 0 saturated heterocycles. The predicted molar refractivity (Wildman–Crippen MR) is 72.9 cm³/mol. The van der Waals surface area contributed by atoms with Crippen molar-refractivity contribution in [3.8, 4) is 6.07 Å². The van der Waals surface area contributed by atoms with Crippen LogP contribution in [0, 0.1) is 11.3 Å². The molecule has 0 aromatic rings. The Balaban J connectivity index is 1.92. The highest BCUT2D eigenvalue weighted by Gasteiger charge is 2.32. The van der Waals surface area contributed by atoms with Crippen LogP contribution < -0.4 is 5.32 Å². The third-order valence-electron chi connectivity index (χ3n) is 3.10. The lowest BCUT2D eigenvalue weighted by Gasteiger charge is -2.23. The van der Waals surface area contributed by atoms with Gasteiger partial charge in [-0.3, -0.25) is 5.32 Å². The number of nitrogens with zero attached hydrogens (tertiary/aromatic N) is 1. The number of rotatable bonds is 12. The molecule has 1 saturated carbocycles. The molecule has 0 heterocycles. The SMILES string of the molecule is COCCCOCCOCCC(C)(C#N)NC1CC1. The van der Waals surface area contributed by atoms with Gasteiger partial charge in [-0.2, -0.15) is 5.26 Å². The Morgan fingerprint density at radius 3 is 2.42 bits per heavy atom. The second-order valence-corrected chi connectivity index (χ2v) is 5.18. The summed E-state index contributed by atoms with van der Waals surface area (Å²) in [5, 5.41) is 12.5. The molecule has 1 atom stereocenters. The first-order valence-electron chi connectivity index (χ1n) is 7.03. The third kappa shape index (κ3) is 8.17. The summed E-state index contributed by atoms with van der Waals surface area (Å²) in [6.45, 7) is 5.15. The molecule has 1 aliphatic carbocycles. The lowest BCUT2D eigenvalue weighted by molar-refractivity contribution is 0.0354. The van der Waals surface area contributed by atoms with E-state index in [-0.39, 0.29) is 0 Å². The van der Waals surface area contributed by atoms with E-state index in [9.17, 15) is 5.26 Å². The minimum absolute atomic E-state index is 0.458. The molecular formula is C14H26N2O3. The van der Waals surface area contributed by atoms with E-state index >= 15 is 0 Å².